The number of sulfonamides is 1. The summed E-state index contributed by atoms with van der Waals surface area (Å²) in [4.78, 5) is 10.3. The molecule has 1 aliphatic rings. The van der Waals surface area contributed by atoms with E-state index in [-0.39, 0.29) is 34.0 Å². The molecule has 1 heterocycles. The monoisotopic (exact) mass is 542 g/mol. The van der Waals surface area contributed by atoms with Gasteiger partial charge < -0.3 is 9.53 Å². The summed E-state index contributed by atoms with van der Waals surface area (Å²) in [6.45, 7) is 10.7. The topological polar surface area (TPSA) is 110 Å². The van der Waals surface area contributed by atoms with Gasteiger partial charge in [0.1, 0.15) is 5.75 Å². The summed E-state index contributed by atoms with van der Waals surface area (Å²) >= 11 is 3.45. The van der Waals surface area contributed by atoms with E-state index in [2.05, 4.69) is 49.8 Å². The van der Waals surface area contributed by atoms with Gasteiger partial charge in [-0.15, -0.1) is 0 Å². The highest BCUT2D eigenvalue weighted by atomic mass is 79.9. The van der Waals surface area contributed by atoms with E-state index in [0.29, 0.717) is 16.6 Å². The van der Waals surface area contributed by atoms with Crippen LogP contribution in [0.25, 0.3) is 0 Å². The second-order valence-electron chi connectivity index (χ2n) is 9.42. The first kappa shape index (κ1) is 24.7. The van der Waals surface area contributed by atoms with E-state index >= 15 is 0 Å². The Labute approximate surface area is 197 Å². The molecule has 2 aromatic carbocycles. The zero-order valence-electron chi connectivity index (χ0n) is 18.6. The molecular formula is C21H27BrN2O6SSi. The third-order valence-electron chi connectivity index (χ3n) is 6.13. The van der Waals surface area contributed by atoms with Crippen LogP contribution in [-0.2, 0) is 20.9 Å². The van der Waals surface area contributed by atoms with Crippen LogP contribution in [0, 0.1) is 10.1 Å². The summed E-state index contributed by atoms with van der Waals surface area (Å²) in [6.07, 6.45) is 0.117. The Balaban J connectivity index is 2.08. The lowest BCUT2D eigenvalue weighted by molar-refractivity contribution is -0.384. The van der Waals surface area contributed by atoms with E-state index in [1.54, 1.807) is 0 Å². The van der Waals surface area contributed by atoms with Gasteiger partial charge in [-0.1, -0.05) is 36.7 Å². The summed E-state index contributed by atoms with van der Waals surface area (Å²) < 4.78 is 35.5. The highest BCUT2D eigenvalue weighted by Crippen LogP contribution is 2.43. The minimum atomic E-state index is -4.06. The third-order valence-corrected chi connectivity index (χ3v) is 13.2. The molecule has 0 radical (unpaired) electrons. The summed E-state index contributed by atoms with van der Waals surface area (Å²) in [7, 11) is -6.25. The maximum Gasteiger partial charge on any atom is 0.269 e. The van der Waals surface area contributed by atoms with Gasteiger partial charge in [0, 0.05) is 29.1 Å². The van der Waals surface area contributed by atoms with Crippen molar-refractivity contribution < 1.29 is 22.9 Å². The van der Waals surface area contributed by atoms with Gasteiger partial charge in [0.05, 0.1) is 28.2 Å². The number of hydrogen-bond acceptors (Lipinski definition) is 6. The molecule has 0 spiro atoms. The van der Waals surface area contributed by atoms with Crippen LogP contribution in [0.2, 0.25) is 18.1 Å². The molecule has 0 aromatic heterocycles. The van der Waals surface area contributed by atoms with E-state index in [4.69, 9.17) is 4.43 Å². The zero-order chi connectivity index (χ0) is 24.1. The van der Waals surface area contributed by atoms with Gasteiger partial charge in [0.15, 0.2) is 8.32 Å². The highest BCUT2D eigenvalue weighted by Gasteiger charge is 2.42. The lowest BCUT2D eigenvalue weighted by Crippen LogP contribution is -2.50. The highest BCUT2D eigenvalue weighted by molar-refractivity contribution is 9.10. The Hall–Kier alpha value is -1.95. The number of phenolic OH excluding ortho intramolecular Hbond substituents is 1. The Morgan fingerprint density at radius 1 is 1.22 bits per heavy atom. The van der Waals surface area contributed by atoms with E-state index in [1.165, 1.54) is 40.7 Å². The molecule has 8 nitrogen and oxygen atoms in total. The molecule has 0 unspecified atom stereocenters. The van der Waals surface area contributed by atoms with Gasteiger partial charge in [0.2, 0.25) is 0 Å². The number of nitrogens with zero attached hydrogens (tertiary/aromatic N) is 2. The Morgan fingerprint density at radius 3 is 2.34 bits per heavy atom. The normalized spacial score (nSPS) is 17.2. The van der Waals surface area contributed by atoms with Gasteiger partial charge in [-0.05, 0) is 41.9 Å². The SMILES string of the molecule is CC(C)(C)[Si](C)(C)O[C@H]1Cc2c(Br)cc(O)cc2N(S(=O)(=O)c2ccc([N+](=O)[O-])cc2)C1. The number of non-ortho nitro benzene ring substituents is 1. The standard InChI is InChI=1S/C21H27BrN2O6SSi/c1-21(2,3)32(4,5)30-16-12-18-19(22)10-15(25)11-20(18)23(13-16)31(28,29)17-8-6-14(7-9-17)24(26)27/h6-11,16,25H,12-13H2,1-5H3/t16-/m0/s1. The van der Waals surface area contributed by atoms with E-state index in [9.17, 15) is 23.6 Å². The summed E-state index contributed by atoms with van der Waals surface area (Å²) in [5, 5.41) is 21.0. The van der Waals surface area contributed by atoms with Gasteiger partial charge >= 0.3 is 0 Å². The van der Waals surface area contributed by atoms with Crippen molar-refractivity contribution in [2.45, 2.75) is 56.3 Å². The number of halogens is 1. The minimum absolute atomic E-state index is 0.0540. The van der Waals surface area contributed by atoms with Gasteiger partial charge in [-0.25, -0.2) is 8.42 Å². The lowest BCUT2D eigenvalue weighted by Gasteiger charge is -2.43. The smallest absolute Gasteiger partial charge is 0.269 e. The Morgan fingerprint density at radius 2 is 1.81 bits per heavy atom. The van der Waals surface area contributed by atoms with Gasteiger partial charge in [-0.2, -0.15) is 0 Å². The molecule has 174 valence electrons. The van der Waals surface area contributed by atoms with Crippen LogP contribution < -0.4 is 4.31 Å². The predicted octanol–water partition coefficient (Wildman–Crippen LogP) is 5.20. The summed E-state index contributed by atoms with van der Waals surface area (Å²) in [6, 6.07) is 7.74. The average molecular weight is 544 g/mol. The van der Waals surface area contributed by atoms with Gasteiger partial charge in [-0.3, -0.25) is 14.4 Å². The maximum atomic E-state index is 13.6. The van der Waals surface area contributed by atoms with E-state index in [0.717, 1.165) is 5.56 Å². The molecule has 3 rings (SSSR count). The molecule has 0 bridgehead atoms. The molecule has 11 heteroatoms. The molecule has 0 saturated carbocycles. The van der Waals surface area contributed by atoms with Crippen LogP contribution in [0.5, 0.6) is 5.75 Å². The zero-order valence-corrected chi connectivity index (χ0v) is 22.0. The second kappa shape index (κ2) is 8.43. The van der Waals surface area contributed by atoms with E-state index < -0.39 is 23.3 Å². The molecule has 0 aliphatic carbocycles. The van der Waals surface area contributed by atoms with Crippen molar-refractivity contribution in [3.63, 3.8) is 0 Å². The number of nitro groups is 1. The number of anilines is 1. The van der Waals surface area contributed by atoms with Crippen molar-refractivity contribution in [3.05, 3.63) is 56.5 Å². The predicted molar refractivity (Wildman–Crippen MR) is 129 cm³/mol. The van der Waals surface area contributed by atoms with Crippen molar-refractivity contribution in [1.82, 2.24) is 0 Å². The van der Waals surface area contributed by atoms with Crippen LogP contribution in [0.3, 0.4) is 0 Å². The number of benzene rings is 2. The van der Waals surface area contributed by atoms with Crippen LogP contribution in [0.4, 0.5) is 11.4 Å². The van der Waals surface area contributed by atoms with Crippen LogP contribution in [0.1, 0.15) is 26.3 Å². The van der Waals surface area contributed by atoms with Gasteiger partial charge in [0.25, 0.3) is 15.7 Å². The molecule has 0 fully saturated rings. The van der Waals surface area contributed by atoms with Crippen molar-refractivity contribution in [3.8, 4) is 5.75 Å². The number of hydrogen-bond donors (Lipinski definition) is 1. The summed E-state index contributed by atoms with van der Waals surface area (Å²) in [5.74, 6) is -0.0664. The molecule has 0 amide bonds. The molecular weight excluding hydrogens is 516 g/mol. The number of fused-ring (bicyclic) bond motifs is 1. The Bertz CT molecular complexity index is 1150. The van der Waals surface area contributed by atoms with Crippen molar-refractivity contribution in [2.75, 3.05) is 10.8 Å². The number of aromatic hydroxyl groups is 1. The average Bonchev–Trinajstić information content (AvgIpc) is 2.66. The first-order chi connectivity index (χ1) is 14.6. The maximum absolute atomic E-state index is 13.6. The fraction of sp³-hybridized carbons (Fsp3) is 0.429. The lowest BCUT2D eigenvalue weighted by atomic mass is 10.0. The first-order valence-electron chi connectivity index (χ1n) is 10.1. The molecule has 2 aromatic rings. The number of nitro benzene ring substituents is 1. The fourth-order valence-corrected chi connectivity index (χ4v) is 6.84. The van der Waals surface area contributed by atoms with Crippen molar-refractivity contribution in [2.24, 2.45) is 0 Å². The first-order valence-corrected chi connectivity index (χ1v) is 15.2. The summed E-state index contributed by atoms with van der Waals surface area (Å²) in [5.41, 5.74) is 0.899. The van der Waals surface area contributed by atoms with Crippen LogP contribution in [-0.4, -0.2) is 39.4 Å². The molecule has 1 N–H and O–H groups in total. The third kappa shape index (κ3) is 4.70. The van der Waals surface area contributed by atoms with E-state index in [1.807, 2.05) is 0 Å². The fourth-order valence-electron chi connectivity index (χ4n) is 3.38. The number of rotatable bonds is 5. The molecule has 1 atom stereocenters. The van der Waals surface area contributed by atoms with Crippen LogP contribution in [0.15, 0.2) is 45.8 Å². The minimum Gasteiger partial charge on any atom is -0.508 e. The molecule has 32 heavy (non-hydrogen) atoms. The molecule has 0 saturated heterocycles. The quantitative estimate of drug-likeness (QED) is 0.315. The van der Waals surface area contributed by atoms with Crippen molar-refractivity contribution in [1.29, 1.82) is 0 Å². The second-order valence-corrected chi connectivity index (χ2v) is 16.9. The largest absolute Gasteiger partial charge is 0.508 e. The Kier molecular flexibility index (Phi) is 6.51. The molecule has 1 aliphatic heterocycles. The number of phenols is 1. The van der Waals surface area contributed by atoms with Crippen LogP contribution >= 0.6 is 15.9 Å². The van der Waals surface area contributed by atoms with Crippen molar-refractivity contribution >= 4 is 45.6 Å².